The number of likely N-dealkylation sites (tertiary alicyclic amines) is 1. The fourth-order valence-corrected chi connectivity index (χ4v) is 1.14. The minimum absolute atomic E-state index is 0.00824. The Morgan fingerprint density at radius 3 is 2.36 bits per heavy atom. The van der Waals surface area contributed by atoms with Gasteiger partial charge in [-0.15, -0.1) is 0 Å². The lowest BCUT2D eigenvalue weighted by molar-refractivity contribution is -0.157. The van der Waals surface area contributed by atoms with Gasteiger partial charge in [-0.3, -0.25) is 14.5 Å². The highest BCUT2D eigenvalue weighted by molar-refractivity contribution is 6.14. The zero-order valence-electron chi connectivity index (χ0n) is 6.80. The van der Waals surface area contributed by atoms with E-state index in [0.29, 0.717) is 6.54 Å². The number of unbranched alkanes of at least 4 members (excludes halogenated alkanes) is 2. The van der Waals surface area contributed by atoms with Crippen LogP contribution >= 0.6 is 0 Å². The highest BCUT2D eigenvalue weighted by Gasteiger charge is 2.32. The number of rotatable bonds is 4. The summed E-state index contributed by atoms with van der Waals surface area (Å²) < 4.78 is 0. The van der Waals surface area contributed by atoms with Crippen LogP contribution in [0.1, 0.15) is 32.6 Å². The molecule has 0 radical (unpaired) electrons. The van der Waals surface area contributed by atoms with Gasteiger partial charge in [-0.2, -0.15) is 0 Å². The third kappa shape index (κ3) is 1.79. The SMILES string of the molecule is CCCCCN1C(=O)CC1=O. The van der Waals surface area contributed by atoms with Crippen molar-refractivity contribution in [3.05, 3.63) is 0 Å². The summed E-state index contributed by atoms with van der Waals surface area (Å²) in [6.07, 6.45) is 3.30. The van der Waals surface area contributed by atoms with Crippen molar-refractivity contribution in [1.29, 1.82) is 0 Å². The molecule has 1 rings (SSSR count). The molecule has 1 fully saturated rings. The number of amides is 2. The van der Waals surface area contributed by atoms with Crippen molar-refractivity contribution in [1.82, 2.24) is 4.90 Å². The lowest BCUT2D eigenvalue weighted by atomic mass is 10.1. The maximum Gasteiger partial charge on any atom is 0.238 e. The molecule has 3 heteroatoms. The monoisotopic (exact) mass is 155 g/mol. The molecule has 62 valence electrons. The Bertz CT molecular complexity index is 163. The van der Waals surface area contributed by atoms with Gasteiger partial charge in [0.15, 0.2) is 0 Å². The first-order valence-corrected chi connectivity index (χ1v) is 4.09. The maximum absolute atomic E-state index is 10.7. The summed E-state index contributed by atoms with van der Waals surface area (Å²) in [6.45, 7) is 2.73. The summed E-state index contributed by atoms with van der Waals surface area (Å²) >= 11 is 0. The smallest absolute Gasteiger partial charge is 0.238 e. The van der Waals surface area contributed by atoms with Crippen LogP contribution in [0.4, 0.5) is 0 Å². The number of carbonyl (C=O) groups is 2. The van der Waals surface area contributed by atoms with Crippen molar-refractivity contribution >= 4 is 11.8 Å². The first-order valence-electron chi connectivity index (χ1n) is 4.09. The summed E-state index contributed by atoms with van der Waals surface area (Å²) in [5.41, 5.74) is 0. The summed E-state index contributed by atoms with van der Waals surface area (Å²) in [5, 5.41) is 0. The minimum atomic E-state index is -0.00824. The summed E-state index contributed by atoms with van der Waals surface area (Å²) in [4.78, 5) is 22.8. The van der Waals surface area contributed by atoms with Crippen LogP contribution in [-0.4, -0.2) is 23.3 Å². The Morgan fingerprint density at radius 1 is 1.27 bits per heavy atom. The molecule has 2 amide bonds. The first kappa shape index (κ1) is 8.24. The average molecular weight is 155 g/mol. The Labute approximate surface area is 66.4 Å². The number of hydrogen-bond donors (Lipinski definition) is 0. The van der Waals surface area contributed by atoms with E-state index in [1.165, 1.54) is 4.90 Å². The van der Waals surface area contributed by atoms with Crippen LogP contribution in [0.5, 0.6) is 0 Å². The molecule has 0 N–H and O–H groups in total. The van der Waals surface area contributed by atoms with Gasteiger partial charge in [0.1, 0.15) is 6.42 Å². The molecule has 0 saturated carbocycles. The second-order valence-corrected chi connectivity index (χ2v) is 2.82. The highest BCUT2D eigenvalue weighted by atomic mass is 16.2. The number of carbonyl (C=O) groups excluding carboxylic acids is 2. The van der Waals surface area contributed by atoms with Crippen LogP contribution in [-0.2, 0) is 9.59 Å². The number of β-lactam (4-membered cyclic amide) rings is 2. The van der Waals surface area contributed by atoms with Crippen LogP contribution in [0, 0.1) is 0 Å². The van der Waals surface area contributed by atoms with Crippen LogP contribution in [0.2, 0.25) is 0 Å². The van der Waals surface area contributed by atoms with Crippen molar-refractivity contribution in [3.8, 4) is 0 Å². The van der Waals surface area contributed by atoms with Gasteiger partial charge in [0.25, 0.3) is 0 Å². The van der Waals surface area contributed by atoms with Gasteiger partial charge >= 0.3 is 0 Å². The third-order valence-corrected chi connectivity index (χ3v) is 1.89. The molecular formula is C8H13NO2. The van der Waals surface area contributed by atoms with Crippen molar-refractivity contribution in [2.45, 2.75) is 32.6 Å². The molecule has 11 heavy (non-hydrogen) atoms. The topological polar surface area (TPSA) is 37.4 Å². The van der Waals surface area contributed by atoms with Gasteiger partial charge in [-0.25, -0.2) is 0 Å². The average Bonchev–Trinajstić information content (AvgIpc) is 1.98. The van der Waals surface area contributed by atoms with E-state index in [-0.39, 0.29) is 18.2 Å². The lowest BCUT2D eigenvalue weighted by Crippen LogP contribution is -2.49. The van der Waals surface area contributed by atoms with Crippen molar-refractivity contribution < 1.29 is 9.59 Å². The number of imide groups is 1. The minimum Gasteiger partial charge on any atom is -0.282 e. The van der Waals surface area contributed by atoms with Crippen LogP contribution in [0.25, 0.3) is 0 Å². The molecular weight excluding hydrogens is 142 g/mol. The number of nitrogens with zero attached hydrogens (tertiary/aromatic N) is 1. The van der Waals surface area contributed by atoms with E-state index in [1.807, 2.05) is 0 Å². The molecule has 0 aliphatic carbocycles. The zero-order chi connectivity index (χ0) is 8.27. The second kappa shape index (κ2) is 3.51. The fourth-order valence-electron chi connectivity index (χ4n) is 1.14. The lowest BCUT2D eigenvalue weighted by Gasteiger charge is -2.27. The van der Waals surface area contributed by atoms with Gasteiger partial charge in [0.2, 0.25) is 11.8 Å². The Morgan fingerprint density at radius 2 is 1.91 bits per heavy atom. The molecule has 1 saturated heterocycles. The Balaban J connectivity index is 2.16. The third-order valence-electron chi connectivity index (χ3n) is 1.89. The van der Waals surface area contributed by atoms with Crippen LogP contribution < -0.4 is 0 Å². The molecule has 0 unspecified atom stereocenters. The number of hydrogen-bond acceptors (Lipinski definition) is 2. The van der Waals surface area contributed by atoms with Gasteiger partial charge in [-0.1, -0.05) is 19.8 Å². The summed E-state index contributed by atoms with van der Waals surface area (Å²) in [7, 11) is 0. The summed E-state index contributed by atoms with van der Waals surface area (Å²) in [5.74, 6) is -0.0165. The molecule has 0 atom stereocenters. The highest BCUT2D eigenvalue weighted by Crippen LogP contribution is 2.11. The molecule has 3 nitrogen and oxygen atoms in total. The maximum atomic E-state index is 10.7. The standard InChI is InChI=1S/C8H13NO2/c1-2-3-4-5-9-7(10)6-8(9)11/h2-6H2,1H3. The molecule has 1 aliphatic heterocycles. The first-order chi connectivity index (χ1) is 5.25. The van der Waals surface area contributed by atoms with Gasteiger partial charge in [0, 0.05) is 6.54 Å². The molecule has 1 heterocycles. The molecule has 0 bridgehead atoms. The molecule has 0 spiro atoms. The van der Waals surface area contributed by atoms with Crippen molar-refractivity contribution in [2.75, 3.05) is 6.54 Å². The summed E-state index contributed by atoms with van der Waals surface area (Å²) in [6, 6.07) is 0. The van der Waals surface area contributed by atoms with E-state index in [2.05, 4.69) is 6.92 Å². The van der Waals surface area contributed by atoms with E-state index in [0.717, 1.165) is 19.3 Å². The Kier molecular flexibility index (Phi) is 2.63. The van der Waals surface area contributed by atoms with Crippen molar-refractivity contribution in [3.63, 3.8) is 0 Å². The van der Waals surface area contributed by atoms with Crippen LogP contribution in [0.15, 0.2) is 0 Å². The van der Waals surface area contributed by atoms with E-state index >= 15 is 0 Å². The largest absolute Gasteiger partial charge is 0.282 e. The van der Waals surface area contributed by atoms with Gasteiger partial charge in [-0.05, 0) is 6.42 Å². The second-order valence-electron chi connectivity index (χ2n) is 2.82. The van der Waals surface area contributed by atoms with E-state index in [9.17, 15) is 9.59 Å². The van der Waals surface area contributed by atoms with Crippen molar-refractivity contribution in [2.24, 2.45) is 0 Å². The van der Waals surface area contributed by atoms with E-state index in [4.69, 9.17) is 0 Å². The molecule has 0 aromatic carbocycles. The predicted octanol–water partition coefficient (Wildman–Crippen LogP) is 0.935. The molecule has 0 aromatic rings. The Hall–Kier alpha value is -0.860. The fraction of sp³-hybridized carbons (Fsp3) is 0.750. The quantitative estimate of drug-likeness (QED) is 0.344. The van der Waals surface area contributed by atoms with Crippen LogP contribution in [0.3, 0.4) is 0 Å². The zero-order valence-corrected chi connectivity index (χ0v) is 6.80. The predicted molar refractivity (Wildman–Crippen MR) is 40.9 cm³/mol. The van der Waals surface area contributed by atoms with E-state index in [1.54, 1.807) is 0 Å². The normalized spacial score (nSPS) is 17.0. The van der Waals surface area contributed by atoms with Gasteiger partial charge in [0.05, 0.1) is 0 Å². The van der Waals surface area contributed by atoms with Gasteiger partial charge < -0.3 is 0 Å². The molecule has 0 aromatic heterocycles. The molecule has 1 aliphatic rings. The van der Waals surface area contributed by atoms with E-state index < -0.39 is 0 Å².